The van der Waals surface area contributed by atoms with Crippen LogP contribution in [0, 0.1) is 0 Å². The number of rotatable bonds is 3. The molecule has 1 aromatic carbocycles. The number of fused-ring (bicyclic) bond motifs is 3. The van der Waals surface area contributed by atoms with Crippen LogP contribution in [0.15, 0.2) is 24.3 Å². The number of carbonyl (C=O) groups is 1. The second-order valence-electron chi connectivity index (χ2n) is 5.40. The van der Waals surface area contributed by atoms with E-state index in [1.54, 1.807) is 6.92 Å². The standard InChI is InChI=1S/C16H21N3O2/c1-3-21-16(20)18-10(2)14-15-12(8-9-17-14)11-6-4-5-7-13(11)19-15/h4-7,10,14,17,19H,3,8-9H2,1-2H3,(H,18,20). The molecule has 0 saturated carbocycles. The number of aromatic nitrogens is 1. The summed E-state index contributed by atoms with van der Waals surface area (Å²) in [4.78, 5) is 15.1. The zero-order chi connectivity index (χ0) is 14.8. The molecule has 3 N–H and O–H groups in total. The van der Waals surface area contributed by atoms with Gasteiger partial charge >= 0.3 is 6.09 Å². The predicted octanol–water partition coefficient (Wildman–Crippen LogP) is 2.49. The van der Waals surface area contributed by atoms with E-state index in [4.69, 9.17) is 4.74 Å². The lowest BCUT2D eigenvalue weighted by Crippen LogP contribution is -2.45. The molecular formula is C16H21N3O2. The number of hydrogen-bond acceptors (Lipinski definition) is 3. The highest BCUT2D eigenvalue weighted by atomic mass is 16.5. The molecule has 5 nitrogen and oxygen atoms in total. The van der Waals surface area contributed by atoms with Gasteiger partial charge in [-0.1, -0.05) is 18.2 Å². The summed E-state index contributed by atoms with van der Waals surface area (Å²) in [7, 11) is 0. The smallest absolute Gasteiger partial charge is 0.407 e. The lowest BCUT2D eigenvalue weighted by molar-refractivity contribution is 0.146. The van der Waals surface area contributed by atoms with Gasteiger partial charge in [0.25, 0.3) is 0 Å². The van der Waals surface area contributed by atoms with E-state index in [0.29, 0.717) is 6.61 Å². The summed E-state index contributed by atoms with van der Waals surface area (Å²) in [6.45, 7) is 5.09. The lowest BCUT2D eigenvalue weighted by atomic mass is 9.95. The largest absolute Gasteiger partial charge is 0.450 e. The van der Waals surface area contributed by atoms with Crippen molar-refractivity contribution in [3.63, 3.8) is 0 Å². The second kappa shape index (κ2) is 5.77. The number of alkyl carbamates (subject to hydrolysis) is 1. The second-order valence-corrected chi connectivity index (χ2v) is 5.40. The van der Waals surface area contributed by atoms with Gasteiger partial charge in [0.05, 0.1) is 18.7 Å². The monoisotopic (exact) mass is 287 g/mol. The third kappa shape index (κ3) is 2.61. The van der Waals surface area contributed by atoms with Gasteiger partial charge < -0.3 is 20.4 Å². The SMILES string of the molecule is CCOC(=O)NC(C)C1NCCc2c1[nH]c1ccccc21. The van der Waals surface area contributed by atoms with Gasteiger partial charge in [-0.25, -0.2) is 4.79 Å². The average Bonchev–Trinajstić information content (AvgIpc) is 2.85. The van der Waals surface area contributed by atoms with Crippen LogP contribution in [0.3, 0.4) is 0 Å². The summed E-state index contributed by atoms with van der Waals surface area (Å²) in [5, 5.41) is 7.65. The van der Waals surface area contributed by atoms with Crippen molar-refractivity contribution in [2.75, 3.05) is 13.2 Å². The third-order valence-corrected chi connectivity index (χ3v) is 4.02. The zero-order valence-corrected chi connectivity index (χ0v) is 12.4. The third-order valence-electron chi connectivity index (χ3n) is 4.02. The van der Waals surface area contributed by atoms with Gasteiger partial charge in [0.15, 0.2) is 0 Å². The summed E-state index contributed by atoms with van der Waals surface area (Å²) in [6.07, 6.45) is 0.636. The van der Waals surface area contributed by atoms with Crippen LogP contribution in [0.5, 0.6) is 0 Å². The molecule has 112 valence electrons. The van der Waals surface area contributed by atoms with E-state index in [-0.39, 0.29) is 18.2 Å². The maximum atomic E-state index is 11.6. The first-order valence-electron chi connectivity index (χ1n) is 7.47. The van der Waals surface area contributed by atoms with Crippen LogP contribution in [-0.2, 0) is 11.2 Å². The number of H-pyrrole nitrogens is 1. The van der Waals surface area contributed by atoms with Gasteiger partial charge in [0, 0.05) is 16.6 Å². The van der Waals surface area contributed by atoms with Gasteiger partial charge in [-0.2, -0.15) is 0 Å². The number of ether oxygens (including phenoxy) is 1. The zero-order valence-electron chi connectivity index (χ0n) is 12.4. The van der Waals surface area contributed by atoms with Gasteiger partial charge in [-0.05, 0) is 38.4 Å². The van der Waals surface area contributed by atoms with E-state index >= 15 is 0 Å². The molecule has 0 saturated heterocycles. The van der Waals surface area contributed by atoms with Crippen LogP contribution in [0.1, 0.15) is 31.1 Å². The molecule has 2 unspecified atom stereocenters. The van der Waals surface area contributed by atoms with Crippen molar-refractivity contribution < 1.29 is 9.53 Å². The lowest BCUT2D eigenvalue weighted by Gasteiger charge is -2.29. The number of carbonyl (C=O) groups excluding carboxylic acids is 1. The maximum absolute atomic E-state index is 11.6. The van der Waals surface area contributed by atoms with E-state index in [1.165, 1.54) is 16.6 Å². The van der Waals surface area contributed by atoms with E-state index in [0.717, 1.165) is 18.5 Å². The summed E-state index contributed by atoms with van der Waals surface area (Å²) < 4.78 is 4.96. The molecule has 2 atom stereocenters. The molecule has 5 heteroatoms. The molecular weight excluding hydrogens is 266 g/mol. The summed E-state index contributed by atoms with van der Waals surface area (Å²) in [5.74, 6) is 0. The van der Waals surface area contributed by atoms with Gasteiger partial charge in [-0.3, -0.25) is 0 Å². The molecule has 0 aliphatic carbocycles. The van der Waals surface area contributed by atoms with Crippen LogP contribution in [-0.4, -0.2) is 30.3 Å². The molecule has 2 aromatic rings. The van der Waals surface area contributed by atoms with Crippen molar-refractivity contribution in [1.82, 2.24) is 15.6 Å². The molecule has 3 rings (SSSR count). The summed E-state index contributed by atoms with van der Waals surface area (Å²) >= 11 is 0. The summed E-state index contributed by atoms with van der Waals surface area (Å²) in [6, 6.07) is 8.37. The highest BCUT2D eigenvalue weighted by Gasteiger charge is 2.28. The highest BCUT2D eigenvalue weighted by Crippen LogP contribution is 2.31. The molecule has 1 aliphatic rings. The van der Waals surface area contributed by atoms with Crippen LogP contribution >= 0.6 is 0 Å². The van der Waals surface area contributed by atoms with Crippen molar-refractivity contribution in [1.29, 1.82) is 0 Å². The molecule has 2 heterocycles. The van der Waals surface area contributed by atoms with Crippen LogP contribution in [0.2, 0.25) is 0 Å². The first-order chi connectivity index (χ1) is 10.2. The minimum Gasteiger partial charge on any atom is -0.450 e. The number of hydrogen-bond donors (Lipinski definition) is 3. The van der Waals surface area contributed by atoms with Crippen LogP contribution < -0.4 is 10.6 Å². The first kappa shape index (κ1) is 13.9. The Morgan fingerprint density at radius 2 is 2.29 bits per heavy atom. The van der Waals surface area contributed by atoms with Gasteiger partial charge in [0.1, 0.15) is 0 Å². The number of para-hydroxylation sites is 1. The van der Waals surface area contributed by atoms with Crippen molar-refractivity contribution in [3.8, 4) is 0 Å². The highest BCUT2D eigenvalue weighted by molar-refractivity contribution is 5.85. The fourth-order valence-corrected chi connectivity index (χ4v) is 3.08. The van der Waals surface area contributed by atoms with Crippen LogP contribution in [0.25, 0.3) is 10.9 Å². The minimum atomic E-state index is -0.366. The summed E-state index contributed by atoms with van der Waals surface area (Å²) in [5.41, 5.74) is 3.68. The molecule has 1 aliphatic heterocycles. The topological polar surface area (TPSA) is 66.2 Å². The van der Waals surface area contributed by atoms with Crippen molar-refractivity contribution >= 4 is 17.0 Å². The molecule has 0 fully saturated rings. The molecule has 1 aromatic heterocycles. The Labute approximate surface area is 124 Å². The van der Waals surface area contributed by atoms with Crippen molar-refractivity contribution in [3.05, 3.63) is 35.5 Å². The number of aromatic amines is 1. The fourth-order valence-electron chi connectivity index (χ4n) is 3.08. The van der Waals surface area contributed by atoms with E-state index in [1.807, 2.05) is 13.0 Å². The van der Waals surface area contributed by atoms with E-state index in [2.05, 4.69) is 33.8 Å². The molecule has 0 radical (unpaired) electrons. The molecule has 1 amide bonds. The fraction of sp³-hybridized carbons (Fsp3) is 0.438. The Morgan fingerprint density at radius 1 is 1.48 bits per heavy atom. The van der Waals surface area contributed by atoms with E-state index < -0.39 is 0 Å². The number of nitrogens with one attached hydrogen (secondary N) is 3. The molecule has 21 heavy (non-hydrogen) atoms. The van der Waals surface area contributed by atoms with E-state index in [9.17, 15) is 4.79 Å². The number of amides is 1. The molecule has 0 bridgehead atoms. The number of benzene rings is 1. The first-order valence-corrected chi connectivity index (χ1v) is 7.47. The Hall–Kier alpha value is -2.01. The Morgan fingerprint density at radius 3 is 3.10 bits per heavy atom. The Bertz CT molecular complexity index is 650. The van der Waals surface area contributed by atoms with Gasteiger partial charge in [0.2, 0.25) is 0 Å². The predicted molar refractivity (Wildman–Crippen MR) is 82.4 cm³/mol. The normalized spacial score (nSPS) is 19.0. The van der Waals surface area contributed by atoms with Crippen molar-refractivity contribution in [2.45, 2.75) is 32.4 Å². The molecule has 0 spiro atoms. The maximum Gasteiger partial charge on any atom is 0.407 e. The minimum absolute atomic E-state index is 0.0452. The average molecular weight is 287 g/mol. The van der Waals surface area contributed by atoms with Crippen molar-refractivity contribution in [2.24, 2.45) is 0 Å². The van der Waals surface area contributed by atoms with Gasteiger partial charge in [-0.15, -0.1) is 0 Å². The van der Waals surface area contributed by atoms with Crippen LogP contribution in [0.4, 0.5) is 4.79 Å². The Kier molecular flexibility index (Phi) is 3.84. The quantitative estimate of drug-likeness (QED) is 0.812. The Balaban J connectivity index is 1.88.